The van der Waals surface area contributed by atoms with Crippen LogP contribution in [0.15, 0.2) is 51.7 Å². The lowest BCUT2D eigenvalue weighted by Crippen LogP contribution is -2.06. The fraction of sp³-hybridized carbons (Fsp3) is 0.200. The van der Waals surface area contributed by atoms with Crippen molar-refractivity contribution in [3.8, 4) is 11.8 Å². The zero-order valence-corrected chi connectivity index (χ0v) is 13.9. The van der Waals surface area contributed by atoms with Crippen molar-refractivity contribution in [1.82, 2.24) is 0 Å². The zero-order valence-electron chi connectivity index (χ0n) is 13.9. The van der Waals surface area contributed by atoms with Gasteiger partial charge in [-0.15, -0.1) is 0 Å². The molecule has 0 radical (unpaired) electrons. The summed E-state index contributed by atoms with van der Waals surface area (Å²) in [6, 6.07) is 14.6. The number of aromatic hydroxyl groups is 1. The molecule has 0 aliphatic carbocycles. The Kier molecular flexibility index (Phi) is 4.71. The maximum atomic E-state index is 11.8. The number of rotatable bonds is 5. The van der Waals surface area contributed by atoms with E-state index in [0.29, 0.717) is 25.0 Å². The molecule has 0 unspecified atom stereocenters. The summed E-state index contributed by atoms with van der Waals surface area (Å²) in [5.41, 5.74) is 3.41. The first-order valence-corrected chi connectivity index (χ1v) is 8.09. The highest BCUT2D eigenvalue weighted by atomic mass is 16.4. The molecule has 5 heteroatoms. The van der Waals surface area contributed by atoms with Crippen molar-refractivity contribution in [1.29, 1.82) is 5.26 Å². The molecule has 0 aliphatic rings. The van der Waals surface area contributed by atoms with Gasteiger partial charge in [0.05, 0.1) is 12.5 Å². The number of nitriles is 1. The molecular weight excluding hydrogens is 316 g/mol. The highest BCUT2D eigenvalue weighted by Crippen LogP contribution is 2.27. The molecule has 0 fully saturated rings. The Hall–Kier alpha value is -3.26. The van der Waals surface area contributed by atoms with E-state index in [1.54, 1.807) is 0 Å². The van der Waals surface area contributed by atoms with Gasteiger partial charge in [-0.1, -0.05) is 19.1 Å². The van der Waals surface area contributed by atoms with Crippen LogP contribution in [0.1, 0.15) is 23.6 Å². The molecule has 0 saturated carbocycles. The Morgan fingerprint density at radius 3 is 2.60 bits per heavy atom. The van der Waals surface area contributed by atoms with Crippen LogP contribution in [0, 0.1) is 11.3 Å². The smallest absolute Gasteiger partial charge is 0.336 e. The van der Waals surface area contributed by atoms with Gasteiger partial charge in [0.1, 0.15) is 11.3 Å². The number of benzene rings is 2. The van der Waals surface area contributed by atoms with E-state index in [4.69, 9.17) is 9.68 Å². The number of hydrogen-bond acceptors (Lipinski definition) is 5. The second-order valence-electron chi connectivity index (χ2n) is 5.81. The summed E-state index contributed by atoms with van der Waals surface area (Å²) < 4.78 is 5.20. The number of aryl methyl sites for hydroxylation is 1. The molecule has 0 aliphatic heterocycles. The minimum Gasteiger partial charge on any atom is -0.508 e. The number of nitrogens with zero attached hydrogens (tertiary/aromatic N) is 1. The summed E-state index contributed by atoms with van der Waals surface area (Å²) in [5, 5.41) is 22.8. The standard InChI is InChI=1S/C20H18N2O3/c1-2-14-9-17-15(10-20(24)25-19(17)11-18(14)23)12-22-16-5-3-13(4-6-16)7-8-21/h3-6,9-11,22-23H,2,7,12H2,1H3. The van der Waals surface area contributed by atoms with Gasteiger partial charge in [0.15, 0.2) is 0 Å². The van der Waals surface area contributed by atoms with Gasteiger partial charge in [0.2, 0.25) is 0 Å². The van der Waals surface area contributed by atoms with Crippen molar-refractivity contribution in [2.24, 2.45) is 0 Å². The van der Waals surface area contributed by atoms with E-state index in [-0.39, 0.29) is 5.75 Å². The molecule has 0 saturated heterocycles. The third kappa shape index (κ3) is 3.64. The summed E-state index contributed by atoms with van der Waals surface area (Å²) >= 11 is 0. The molecule has 2 aromatic carbocycles. The Balaban J connectivity index is 1.90. The number of phenolic OH excluding ortho intramolecular Hbond substituents is 1. The zero-order chi connectivity index (χ0) is 17.8. The van der Waals surface area contributed by atoms with Crippen molar-refractivity contribution in [3.63, 3.8) is 0 Å². The molecule has 3 aromatic rings. The monoisotopic (exact) mass is 334 g/mol. The number of fused-ring (bicyclic) bond motifs is 1. The van der Waals surface area contributed by atoms with Gasteiger partial charge in [-0.25, -0.2) is 4.79 Å². The molecule has 1 heterocycles. The van der Waals surface area contributed by atoms with Gasteiger partial charge < -0.3 is 14.8 Å². The van der Waals surface area contributed by atoms with Crippen molar-refractivity contribution >= 4 is 16.7 Å². The molecule has 2 N–H and O–H groups in total. The molecule has 126 valence electrons. The van der Waals surface area contributed by atoms with E-state index < -0.39 is 5.63 Å². The van der Waals surface area contributed by atoms with Gasteiger partial charge in [0.25, 0.3) is 0 Å². The van der Waals surface area contributed by atoms with Crippen molar-refractivity contribution in [2.75, 3.05) is 5.32 Å². The van der Waals surface area contributed by atoms with Crippen molar-refractivity contribution < 1.29 is 9.52 Å². The molecule has 0 bridgehead atoms. The van der Waals surface area contributed by atoms with E-state index in [9.17, 15) is 9.90 Å². The maximum Gasteiger partial charge on any atom is 0.336 e. The van der Waals surface area contributed by atoms with Crippen LogP contribution >= 0.6 is 0 Å². The Morgan fingerprint density at radius 1 is 1.16 bits per heavy atom. The van der Waals surface area contributed by atoms with Gasteiger partial charge in [0, 0.05) is 29.8 Å². The molecule has 0 spiro atoms. The fourth-order valence-electron chi connectivity index (χ4n) is 2.77. The van der Waals surface area contributed by atoms with Crippen molar-refractivity contribution in [2.45, 2.75) is 26.3 Å². The lowest BCUT2D eigenvalue weighted by Gasteiger charge is -2.11. The second-order valence-corrected chi connectivity index (χ2v) is 5.81. The normalized spacial score (nSPS) is 10.6. The van der Waals surface area contributed by atoms with Gasteiger partial charge in [-0.05, 0) is 41.3 Å². The third-order valence-corrected chi connectivity index (χ3v) is 4.13. The lowest BCUT2D eigenvalue weighted by atomic mass is 10.0. The molecule has 0 amide bonds. The molecule has 25 heavy (non-hydrogen) atoms. The van der Waals surface area contributed by atoms with Crippen molar-refractivity contribution in [3.05, 3.63) is 69.6 Å². The predicted molar refractivity (Wildman–Crippen MR) is 96.6 cm³/mol. The molecular formula is C20H18N2O3. The van der Waals surface area contributed by atoms with Gasteiger partial charge in [-0.3, -0.25) is 0 Å². The number of nitrogens with one attached hydrogen (secondary N) is 1. The van der Waals surface area contributed by atoms with Crippen LogP contribution in [0.3, 0.4) is 0 Å². The summed E-state index contributed by atoms with van der Waals surface area (Å²) in [6.07, 6.45) is 1.07. The average molecular weight is 334 g/mol. The first kappa shape index (κ1) is 16.6. The minimum atomic E-state index is -0.447. The summed E-state index contributed by atoms with van der Waals surface area (Å²) in [7, 11) is 0. The number of phenols is 1. The minimum absolute atomic E-state index is 0.136. The SMILES string of the molecule is CCc1cc2c(CNc3ccc(CC#N)cc3)cc(=O)oc2cc1O. The van der Waals surface area contributed by atoms with E-state index in [1.807, 2.05) is 37.3 Å². The topological polar surface area (TPSA) is 86.3 Å². The Labute approximate surface area is 145 Å². The molecule has 0 atom stereocenters. The van der Waals surface area contributed by atoms with Gasteiger partial charge >= 0.3 is 5.63 Å². The van der Waals surface area contributed by atoms with Crippen LogP contribution in [0.2, 0.25) is 0 Å². The quantitative estimate of drug-likeness (QED) is 0.694. The van der Waals surface area contributed by atoms with Gasteiger partial charge in [-0.2, -0.15) is 5.26 Å². The largest absolute Gasteiger partial charge is 0.508 e. The first-order chi connectivity index (χ1) is 12.1. The Morgan fingerprint density at radius 2 is 1.92 bits per heavy atom. The average Bonchev–Trinajstić information content (AvgIpc) is 2.60. The highest BCUT2D eigenvalue weighted by Gasteiger charge is 2.10. The lowest BCUT2D eigenvalue weighted by molar-refractivity contribution is 0.466. The number of anilines is 1. The summed E-state index contributed by atoms with van der Waals surface area (Å²) in [5.74, 6) is 0.136. The highest BCUT2D eigenvalue weighted by molar-refractivity contribution is 5.83. The molecule has 1 aromatic heterocycles. The van der Waals surface area contributed by atoms with E-state index in [1.165, 1.54) is 12.1 Å². The van der Waals surface area contributed by atoms with Crippen LogP contribution < -0.4 is 10.9 Å². The molecule has 5 nitrogen and oxygen atoms in total. The van der Waals surface area contributed by atoms with E-state index in [0.717, 1.165) is 27.8 Å². The number of hydrogen-bond donors (Lipinski definition) is 2. The van der Waals surface area contributed by atoms with Crippen LogP contribution in [-0.4, -0.2) is 5.11 Å². The van der Waals surface area contributed by atoms with Crippen LogP contribution in [-0.2, 0) is 19.4 Å². The van der Waals surface area contributed by atoms with Crippen LogP contribution in [0.4, 0.5) is 5.69 Å². The Bertz CT molecular complexity index is 998. The fourth-order valence-corrected chi connectivity index (χ4v) is 2.77. The van der Waals surface area contributed by atoms with E-state index >= 15 is 0 Å². The third-order valence-electron chi connectivity index (χ3n) is 4.13. The first-order valence-electron chi connectivity index (χ1n) is 8.09. The van der Waals surface area contributed by atoms with Crippen LogP contribution in [0.25, 0.3) is 11.0 Å². The predicted octanol–water partition coefficient (Wildman–Crippen LogP) is 3.74. The van der Waals surface area contributed by atoms with Crippen LogP contribution in [0.5, 0.6) is 5.75 Å². The van der Waals surface area contributed by atoms with E-state index in [2.05, 4.69) is 11.4 Å². The second kappa shape index (κ2) is 7.10. The maximum absolute atomic E-state index is 11.8. The summed E-state index contributed by atoms with van der Waals surface area (Å²) in [6.45, 7) is 2.41. The molecule has 3 rings (SSSR count). The summed E-state index contributed by atoms with van der Waals surface area (Å²) in [4.78, 5) is 11.8.